The second-order valence-electron chi connectivity index (χ2n) is 11.4. The minimum Gasteiger partial charge on any atom is -0.444 e. The summed E-state index contributed by atoms with van der Waals surface area (Å²) in [5, 5.41) is 0.839. The number of allylic oxidation sites excluding steroid dienone is 5. The average Bonchev–Trinajstić information content (AvgIpc) is 3.01. The van der Waals surface area contributed by atoms with Gasteiger partial charge in [0.1, 0.15) is 5.60 Å². The predicted molar refractivity (Wildman–Crippen MR) is 196 cm³/mol. The van der Waals surface area contributed by atoms with Crippen LogP contribution in [0, 0.1) is 5.92 Å². The van der Waals surface area contributed by atoms with Crippen LogP contribution in [0.3, 0.4) is 0 Å². The third kappa shape index (κ3) is 17.1. The SMILES string of the molecule is CC.CC.CCCc1cccc(Cl)c1.C\C=C(C(/C(C)=N/C=C/CC)=C(/C)N1CCN(C(=O)OC(C)(C)C)CC1)\C(C)CC. The molecular formula is C38H66ClN3O2. The van der Waals surface area contributed by atoms with E-state index in [4.69, 9.17) is 21.3 Å². The van der Waals surface area contributed by atoms with Crippen molar-refractivity contribution in [3.8, 4) is 0 Å². The lowest BCUT2D eigenvalue weighted by molar-refractivity contribution is 0.0168. The zero-order valence-corrected chi connectivity index (χ0v) is 31.6. The number of benzene rings is 1. The van der Waals surface area contributed by atoms with E-state index >= 15 is 0 Å². The van der Waals surface area contributed by atoms with Gasteiger partial charge in [0.2, 0.25) is 0 Å². The first-order chi connectivity index (χ1) is 20.9. The summed E-state index contributed by atoms with van der Waals surface area (Å²) in [4.78, 5) is 21.3. The van der Waals surface area contributed by atoms with Crippen LogP contribution in [0.1, 0.15) is 122 Å². The number of amides is 1. The number of rotatable bonds is 9. The largest absolute Gasteiger partial charge is 0.444 e. The minimum atomic E-state index is -0.464. The van der Waals surface area contributed by atoms with Crippen molar-refractivity contribution in [3.05, 3.63) is 70.0 Å². The van der Waals surface area contributed by atoms with Crippen LogP contribution in [0.2, 0.25) is 5.02 Å². The maximum absolute atomic E-state index is 12.4. The average molecular weight is 632 g/mol. The second kappa shape index (κ2) is 24.8. The van der Waals surface area contributed by atoms with Crippen molar-refractivity contribution < 1.29 is 9.53 Å². The Morgan fingerprint density at radius 1 is 1.02 bits per heavy atom. The highest BCUT2D eigenvalue weighted by atomic mass is 35.5. The lowest BCUT2D eigenvalue weighted by Gasteiger charge is -2.38. The number of aryl methyl sites for hydroxylation is 1. The van der Waals surface area contributed by atoms with E-state index in [0.717, 1.165) is 43.1 Å². The van der Waals surface area contributed by atoms with Gasteiger partial charge in [0, 0.05) is 54.4 Å². The molecule has 0 spiro atoms. The smallest absolute Gasteiger partial charge is 0.410 e. The van der Waals surface area contributed by atoms with Gasteiger partial charge in [0.15, 0.2) is 0 Å². The molecule has 0 bridgehead atoms. The molecule has 0 saturated carbocycles. The molecule has 1 aliphatic rings. The van der Waals surface area contributed by atoms with Gasteiger partial charge in [-0.2, -0.15) is 0 Å². The van der Waals surface area contributed by atoms with E-state index in [1.165, 1.54) is 28.8 Å². The molecule has 6 heteroatoms. The molecule has 2 rings (SSSR count). The van der Waals surface area contributed by atoms with Crippen molar-refractivity contribution in [2.75, 3.05) is 26.2 Å². The Hall–Kier alpha value is -2.53. The molecule has 1 amide bonds. The minimum absolute atomic E-state index is 0.222. The molecule has 0 N–H and O–H groups in total. The van der Waals surface area contributed by atoms with Gasteiger partial charge in [-0.1, -0.05) is 97.7 Å². The first-order valence-corrected chi connectivity index (χ1v) is 17.3. The molecule has 0 aromatic heterocycles. The summed E-state index contributed by atoms with van der Waals surface area (Å²) in [7, 11) is 0. The highest BCUT2D eigenvalue weighted by Crippen LogP contribution is 2.29. The molecule has 0 aliphatic carbocycles. The van der Waals surface area contributed by atoms with E-state index in [2.05, 4.69) is 71.6 Å². The van der Waals surface area contributed by atoms with Crippen LogP contribution in [-0.2, 0) is 11.2 Å². The Kier molecular flexibility index (Phi) is 24.5. The molecule has 1 heterocycles. The Morgan fingerprint density at radius 2 is 1.59 bits per heavy atom. The molecule has 5 nitrogen and oxygen atoms in total. The molecule has 1 saturated heterocycles. The monoisotopic (exact) mass is 631 g/mol. The van der Waals surface area contributed by atoms with Gasteiger partial charge in [-0.25, -0.2) is 4.79 Å². The van der Waals surface area contributed by atoms with Crippen molar-refractivity contribution in [1.82, 2.24) is 9.80 Å². The molecule has 44 heavy (non-hydrogen) atoms. The molecule has 1 aromatic carbocycles. The quantitative estimate of drug-likeness (QED) is 0.201. The highest BCUT2D eigenvalue weighted by molar-refractivity contribution is 6.30. The zero-order chi connectivity index (χ0) is 34.3. The van der Waals surface area contributed by atoms with Crippen LogP contribution in [0.25, 0.3) is 0 Å². The van der Waals surface area contributed by atoms with Crippen molar-refractivity contribution >= 4 is 23.4 Å². The van der Waals surface area contributed by atoms with Crippen molar-refractivity contribution in [2.45, 2.75) is 128 Å². The fourth-order valence-corrected chi connectivity index (χ4v) is 4.81. The summed E-state index contributed by atoms with van der Waals surface area (Å²) in [6.07, 6.45) is 10.4. The first-order valence-electron chi connectivity index (χ1n) is 16.9. The topological polar surface area (TPSA) is 45.1 Å². The van der Waals surface area contributed by atoms with E-state index in [-0.39, 0.29) is 6.09 Å². The van der Waals surface area contributed by atoms with Crippen LogP contribution in [0.5, 0.6) is 0 Å². The third-order valence-corrected chi connectivity index (χ3v) is 7.14. The summed E-state index contributed by atoms with van der Waals surface area (Å²) in [6.45, 7) is 31.8. The normalized spacial score (nSPS) is 15.2. The Balaban J connectivity index is 0. The number of halogens is 1. The molecule has 1 aromatic rings. The molecule has 252 valence electrons. The predicted octanol–water partition coefficient (Wildman–Crippen LogP) is 11.5. The number of carbonyl (C=O) groups is 1. The van der Waals surface area contributed by atoms with Gasteiger partial charge in [-0.05, 0) is 90.0 Å². The van der Waals surface area contributed by atoms with Gasteiger partial charge in [-0.15, -0.1) is 0 Å². The summed E-state index contributed by atoms with van der Waals surface area (Å²) in [5.74, 6) is 0.461. The maximum Gasteiger partial charge on any atom is 0.410 e. The van der Waals surface area contributed by atoms with Gasteiger partial charge >= 0.3 is 6.09 Å². The molecule has 0 radical (unpaired) electrons. The molecule has 1 atom stereocenters. The third-order valence-electron chi connectivity index (χ3n) is 6.91. The van der Waals surface area contributed by atoms with E-state index < -0.39 is 5.60 Å². The standard InChI is InChI=1S/C25H43N3O2.C9H11Cl.2C2H6/c1-10-13-14-26-20(5)23(22(12-3)19(4)11-2)21(6)27-15-17-28(18-16-27)24(29)30-25(7,8)9;1-2-4-8-5-3-6-9(10)7-8;2*1-2/h12-14,19H,10-11,15-18H2,1-9H3;3,5-7H,2,4H2,1H3;2*1-2H3/b14-13+,22-12-,23-21-,26-20+;;;. The number of carbonyl (C=O) groups excluding carboxylic acids is 1. The molecule has 1 aliphatic heterocycles. The number of hydrogen-bond acceptors (Lipinski definition) is 4. The van der Waals surface area contributed by atoms with Crippen molar-refractivity contribution in [3.63, 3.8) is 0 Å². The zero-order valence-electron chi connectivity index (χ0n) is 30.8. The number of nitrogens with zero attached hydrogens (tertiary/aromatic N) is 3. The van der Waals surface area contributed by atoms with Gasteiger partial charge < -0.3 is 14.5 Å². The van der Waals surface area contributed by atoms with Crippen LogP contribution >= 0.6 is 11.6 Å². The van der Waals surface area contributed by atoms with Gasteiger partial charge in [0.25, 0.3) is 0 Å². The Labute approximate surface area is 277 Å². The highest BCUT2D eigenvalue weighted by Gasteiger charge is 2.27. The van der Waals surface area contributed by atoms with Gasteiger partial charge in [0.05, 0.1) is 0 Å². The maximum atomic E-state index is 12.4. The fourth-order valence-electron chi connectivity index (χ4n) is 4.60. The molecule has 1 fully saturated rings. The van der Waals surface area contributed by atoms with Crippen LogP contribution in [0.15, 0.2) is 64.5 Å². The number of hydrogen-bond donors (Lipinski definition) is 0. The number of aliphatic imine (C=N–C) groups is 1. The summed E-state index contributed by atoms with van der Waals surface area (Å²) >= 11 is 5.78. The van der Waals surface area contributed by atoms with E-state index in [0.29, 0.717) is 19.0 Å². The van der Waals surface area contributed by atoms with Crippen LogP contribution in [0.4, 0.5) is 4.79 Å². The fraction of sp³-hybridized carbons (Fsp3) is 0.632. The Bertz CT molecular complexity index is 1040. The second-order valence-corrected chi connectivity index (χ2v) is 11.8. The lowest BCUT2D eigenvalue weighted by atomic mass is 9.87. The van der Waals surface area contributed by atoms with Crippen LogP contribution in [-0.4, -0.2) is 53.4 Å². The van der Waals surface area contributed by atoms with Crippen molar-refractivity contribution in [2.24, 2.45) is 10.9 Å². The summed E-state index contributed by atoms with van der Waals surface area (Å²) in [5.41, 5.74) is 5.72. The molecule has 1 unspecified atom stereocenters. The van der Waals surface area contributed by atoms with E-state index in [9.17, 15) is 4.79 Å². The Morgan fingerprint density at radius 3 is 2.05 bits per heavy atom. The van der Waals surface area contributed by atoms with Gasteiger partial charge in [-0.3, -0.25) is 4.99 Å². The van der Waals surface area contributed by atoms with E-state index in [1.807, 2.05) is 77.8 Å². The summed E-state index contributed by atoms with van der Waals surface area (Å²) < 4.78 is 5.54. The van der Waals surface area contributed by atoms with Crippen molar-refractivity contribution in [1.29, 1.82) is 0 Å². The van der Waals surface area contributed by atoms with E-state index in [1.54, 1.807) is 0 Å². The number of piperazine rings is 1. The van der Waals surface area contributed by atoms with Crippen LogP contribution < -0.4 is 0 Å². The number of ether oxygens (including phenoxy) is 1. The molecular weight excluding hydrogens is 566 g/mol. The summed E-state index contributed by atoms with van der Waals surface area (Å²) in [6, 6.07) is 8.02. The lowest BCUT2D eigenvalue weighted by Crippen LogP contribution is -2.49. The first kappa shape index (κ1) is 43.6.